The van der Waals surface area contributed by atoms with Crippen LogP contribution in [0, 0.1) is 0 Å². The number of thiazole rings is 1. The van der Waals surface area contributed by atoms with Crippen LogP contribution in [0.4, 0.5) is 5.13 Å². The number of aromatic nitrogens is 2. The first-order chi connectivity index (χ1) is 18.7. The molecule has 1 unspecified atom stereocenters. The lowest BCUT2D eigenvalue weighted by atomic mass is 9.95. The summed E-state index contributed by atoms with van der Waals surface area (Å²) in [6.45, 7) is 7.56. The number of amides is 1. The van der Waals surface area contributed by atoms with E-state index in [0.29, 0.717) is 51.0 Å². The predicted octanol–water partition coefficient (Wildman–Crippen LogP) is 7.01. The first-order valence-corrected chi connectivity index (χ1v) is 14.5. The van der Waals surface area contributed by atoms with Gasteiger partial charge in [0.05, 0.1) is 21.8 Å². The molecule has 4 aromatic rings. The molecule has 0 bridgehead atoms. The van der Waals surface area contributed by atoms with Crippen molar-refractivity contribution in [1.29, 1.82) is 0 Å². The number of pyridine rings is 1. The minimum atomic E-state index is -0.990. The second-order valence-electron chi connectivity index (χ2n) is 9.70. The Morgan fingerprint density at radius 1 is 1.15 bits per heavy atom. The molecule has 1 aliphatic rings. The highest BCUT2D eigenvalue weighted by Gasteiger charge is 2.30. The minimum absolute atomic E-state index is 0.308. The highest BCUT2D eigenvalue weighted by Crippen LogP contribution is 2.33. The number of rotatable bonds is 7. The summed E-state index contributed by atoms with van der Waals surface area (Å²) >= 11 is 13.6. The lowest BCUT2D eigenvalue weighted by Gasteiger charge is -2.32. The molecule has 0 saturated carbocycles. The fourth-order valence-electron chi connectivity index (χ4n) is 4.73. The highest BCUT2D eigenvalue weighted by molar-refractivity contribution is 7.14. The Bertz CT molecular complexity index is 1560. The van der Waals surface area contributed by atoms with Gasteiger partial charge in [0.2, 0.25) is 0 Å². The van der Waals surface area contributed by atoms with E-state index in [0.717, 1.165) is 35.1 Å². The molecule has 0 radical (unpaired) electrons. The summed E-state index contributed by atoms with van der Waals surface area (Å²) in [7, 11) is 0. The van der Waals surface area contributed by atoms with Gasteiger partial charge in [-0.05, 0) is 44.5 Å². The number of ether oxygens (including phenoxy) is 1. The van der Waals surface area contributed by atoms with Gasteiger partial charge in [-0.1, -0.05) is 48.3 Å². The van der Waals surface area contributed by atoms with Gasteiger partial charge in [-0.3, -0.25) is 20.0 Å². The van der Waals surface area contributed by atoms with E-state index in [1.54, 1.807) is 30.5 Å². The molecule has 0 saturated heterocycles. The van der Waals surface area contributed by atoms with Gasteiger partial charge >= 0.3 is 5.97 Å². The van der Waals surface area contributed by atoms with Gasteiger partial charge in [0, 0.05) is 58.2 Å². The number of para-hydroxylation sites is 1. The van der Waals surface area contributed by atoms with Crippen LogP contribution >= 0.6 is 34.5 Å². The second-order valence-corrected chi connectivity index (χ2v) is 11.4. The predicted molar refractivity (Wildman–Crippen MR) is 157 cm³/mol. The molecule has 202 valence electrons. The Kier molecular flexibility index (Phi) is 8.19. The number of benzene rings is 2. The molecule has 5 rings (SSSR count). The van der Waals surface area contributed by atoms with E-state index < -0.39 is 18.0 Å². The van der Waals surface area contributed by atoms with Crippen LogP contribution in [-0.4, -0.2) is 45.4 Å². The quantitative estimate of drug-likeness (QED) is 0.236. The third-order valence-electron chi connectivity index (χ3n) is 6.86. The summed E-state index contributed by atoms with van der Waals surface area (Å²) in [5.74, 6) is -0.963. The molecular formula is C29H28Cl2N4O3S. The van der Waals surface area contributed by atoms with Gasteiger partial charge in [-0.2, -0.15) is 0 Å². The van der Waals surface area contributed by atoms with Gasteiger partial charge in [0.1, 0.15) is 0 Å². The van der Waals surface area contributed by atoms with E-state index in [2.05, 4.69) is 29.0 Å². The molecule has 1 atom stereocenters. The van der Waals surface area contributed by atoms with Crippen LogP contribution in [0.1, 0.15) is 48.8 Å². The number of nitrogens with one attached hydrogen (secondary N) is 1. The Morgan fingerprint density at radius 3 is 2.69 bits per heavy atom. The van der Waals surface area contributed by atoms with Crippen molar-refractivity contribution in [1.82, 2.24) is 14.9 Å². The van der Waals surface area contributed by atoms with Crippen molar-refractivity contribution < 1.29 is 14.3 Å². The van der Waals surface area contributed by atoms with Crippen LogP contribution in [0.25, 0.3) is 22.2 Å². The highest BCUT2D eigenvalue weighted by atomic mass is 35.5. The number of nitrogens with zero attached hydrogens (tertiary/aromatic N) is 3. The first kappa shape index (κ1) is 27.5. The van der Waals surface area contributed by atoms with Gasteiger partial charge in [-0.25, -0.2) is 9.78 Å². The molecule has 39 heavy (non-hydrogen) atoms. The monoisotopic (exact) mass is 582 g/mol. The summed E-state index contributed by atoms with van der Waals surface area (Å²) in [5, 5.41) is 6.70. The lowest BCUT2D eigenvalue weighted by Crippen LogP contribution is -2.38. The Balaban J connectivity index is 1.38. The number of fused-ring (bicyclic) bond motifs is 2. The summed E-state index contributed by atoms with van der Waals surface area (Å²) in [6, 6.07) is 13.1. The minimum Gasteiger partial charge on any atom is -0.449 e. The molecule has 2 aromatic carbocycles. The molecule has 0 spiro atoms. The molecule has 7 nitrogen and oxygen atoms in total. The molecule has 1 amide bonds. The number of anilines is 1. The number of halogens is 2. The van der Waals surface area contributed by atoms with Crippen molar-refractivity contribution in [3.05, 3.63) is 74.7 Å². The van der Waals surface area contributed by atoms with Gasteiger partial charge in [0.15, 0.2) is 11.2 Å². The maximum atomic E-state index is 13.7. The van der Waals surface area contributed by atoms with Crippen molar-refractivity contribution >= 4 is 62.4 Å². The van der Waals surface area contributed by atoms with Crippen molar-refractivity contribution in [2.45, 2.75) is 52.3 Å². The van der Waals surface area contributed by atoms with Gasteiger partial charge in [-0.15, -0.1) is 11.3 Å². The maximum absolute atomic E-state index is 13.7. The molecule has 3 heterocycles. The Labute approximate surface area is 241 Å². The molecule has 2 aromatic heterocycles. The average Bonchev–Trinajstić information content (AvgIpc) is 3.37. The Hall–Kier alpha value is -3.04. The molecule has 0 aliphatic carbocycles. The van der Waals surface area contributed by atoms with Gasteiger partial charge in [0.25, 0.3) is 5.91 Å². The molecule has 1 N–H and O–H groups in total. The smallest absolute Gasteiger partial charge is 0.340 e. The third-order valence-corrected chi connectivity index (χ3v) is 8.17. The fourth-order valence-corrected chi connectivity index (χ4v) is 5.95. The lowest BCUT2D eigenvalue weighted by molar-refractivity contribution is -0.124. The number of hydrogen-bond donors (Lipinski definition) is 1. The van der Waals surface area contributed by atoms with Crippen LogP contribution in [0.2, 0.25) is 10.0 Å². The first-order valence-electron chi connectivity index (χ1n) is 12.8. The van der Waals surface area contributed by atoms with Crippen LogP contribution < -0.4 is 5.32 Å². The van der Waals surface area contributed by atoms with Crippen LogP contribution in [0.15, 0.2) is 47.8 Å². The number of esters is 1. The van der Waals surface area contributed by atoms with Crippen molar-refractivity contribution in [2.75, 3.05) is 11.9 Å². The normalized spacial score (nSPS) is 14.3. The van der Waals surface area contributed by atoms with E-state index in [1.165, 1.54) is 11.3 Å². The summed E-state index contributed by atoms with van der Waals surface area (Å²) in [4.78, 5) is 38.5. The number of carbonyl (C=O) groups excluding carboxylic acids is 2. The zero-order valence-corrected chi connectivity index (χ0v) is 24.2. The van der Waals surface area contributed by atoms with Crippen molar-refractivity contribution in [2.24, 2.45) is 0 Å². The summed E-state index contributed by atoms with van der Waals surface area (Å²) in [5.41, 5.74) is 4.34. The van der Waals surface area contributed by atoms with Crippen LogP contribution in [-0.2, 0) is 22.5 Å². The molecule has 1 aliphatic heterocycles. The van der Waals surface area contributed by atoms with E-state index in [4.69, 9.17) is 32.9 Å². The number of carbonyl (C=O) groups is 2. The molecular weight excluding hydrogens is 555 g/mol. The topological polar surface area (TPSA) is 84.4 Å². The fraction of sp³-hybridized carbons (Fsp3) is 0.310. The summed E-state index contributed by atoms with van der Waals surface area (Å²) in [6.07, 6.45) is 0.0685. The van der Waals surface area contributed by atoms with E-state index in [1.807, 2.05) is 24.3 Å². The largest absolute Gasteiger partial charge is 0.449 e. The maximum Gasteiger partial charge on any atom is 0.340 e. The van der Waals surface area contributed by atoms with Crippen molar-refractivity contribution in [3.63, 3.8) is 0 Å². The van der Waals surface area contributed by atoms with E-state index >= 15 is 0 Å². The summed E-state index contributed by atoms with van der Waals surface area (Å²) < 4.78 is 5.86. The average molecular weight is 584 g/mol. The van der Waals surface area contributed by atoms with Gasteiger partial charge < -0.3 is 4.74 Å². The Morgan fingerprint density at radius 2 is 1.95 bits per heavy atom. The van der Waals surface area contributed by atoms with Crippen LogP contribution in [0.3, 0.4) is 0 Å². The standard InChI is InChI=1S/C29H28Cl2N4O3S/c1-4-25(27(36)34-29-33-24(15-39-29)18-10-9-17(30)13-21(18)31)38-28(37)26-19-7-5-6-8-22(19)32-23-11-12-35(16(2)3)14-20(23)26/h5-10,13,15-16,25H,4,11-12,14H2,1-3H3,(H,33,34,36). The van der Waals surface area contributed by atoms with Crippen molar-refractivity contribution in [3.8, 4) is 11.3 Å². The molecule has 0 fully saturated rings. The third kappa shape index (κ3) is 5.79. The molecule has 10 heteroatoms. The van der Waals surface area contributed by atoms with Crippen LogP contribution in [0.5, 0.6) is 0 Å². The van der Waals surface area contributed by atoms with E-state index in [-0.39, 0.29) is 0 Å². The van der Waals surface area contributed by atoms with E-state index in [9.17, 15) is 9.59 Å². The zero-order valence-electron chi connectivity index (χ0n) is 21.8. The number of hydrogen-bond acceptors (Lipinski definition) is 7. The zero-order chi connectivity index (χ0) is 27.7. The second kappa shape index (κ2) is 11.6. The SMILES string of the molecule is CCC(OC(=O)c1c2c(nc3ccccc13)CCN(C(C)C)C2)C(=O)Nc1nc(-c2ccc(Cl)cc2Cl)cs1.